The molecule has 0 aliphatic heterocycles. The Bertz CT molecular complexity index is 289. The number of nitrogens with one attached hydrogen (secondary N) is 1. The molecule has 1 aromatic heterocycles. The lowest BCUT2D eigenvalue weighted by atomic mass is 10.2. The number of aromatic nitrogens is 2. The number of nitrogens with zero attached hydrogens (tertiary/aromatic N) is 2. The fourth-order valence-electron chi connectivity index (χ4n) is 0.854. The van der Waals surface area contributed by atoms with E-state index in [2.05, 4.69) is 20.6 Å². The van der Waals surface area contributed by atoms with Crippen molar-refractivity contribution in [1.82, 2.24) is 9.36 Å². The van der Waals surface area contributed by atoms with Gasteiger partial charge in [-0.1, -0.05) is 0 Å². The zero-order valence-electron chi connectivity index (χ0n) is 7.29. The van der Waals surface area contributed by atoms with Gasteiger partial charge < -0.3 is 11.1 Å². The van der Waals surface area contributed by atoms with Crippen LogP contribution < -0.4 is 11.1 Å². The van der Waals surface area contributed by atoms with Crippen LogP contribution in [0.2, 0.25) is 0 Å². The van der Waals surface area contributed by atoms with Gasteiger partial charge in [-0.2, -0.15) is 9.36 Å². The molecule has 0 unspecified atom stereocenters. The summed E-state index contributed by atoms with van der Waals surface area (Å²) in [6, 6.07) is 0. The summed E-state index contributed by atoms with van der Waals surface area (Å²) in [6.07, 6.45) is 8.04. The van der Waals surface area contributed by atoms with Crippen molar-refractivity contribution < 1.29 is 0 Å². The third-order valence-electron chi connectivity index (χ3n) is 1.47. The summed E-state index contributed by atoms with van der Waals surface area (Å²) in [5, 5.41) is 3.90. The molecule has 0 fully saturated rings. The third kappa shape index (κ3) is 3.76. The number of anilines is 2. The van der Waals surface area contributed by atoms with Crippen molar-refractivity contribution in [2.45, 2.75) is 19.3 Å². The van der Waals surface area contributed by atoms with E-state index < -0.39 is 0 Å². The lowest BCUT2D eigenvalue weighted by Gasteiger charge is -1.98. The summed E-state index contributed by atoms with van der Waals surface area (Å²) in [7, 11) is 0. The molecule has 0 saturated heterocycles. The first-order valence-corrected chi connectivity index (χ1v) is 4.87. The topological polar surface area (TPSA) is 63.8 Å². The van der Waals surface area contributed by atoms with Crippen LogP contribution >= 0.6 is 11.5 Å². The van der Waals surface area contributed by atoms with Crippen molar-refractivity contribution in [3.63, 3.8) is 0 Å². The largest absolute Gasteiger partial charge is 0.367 e. The first-order chi connectivity index (χ1) is 6.33. The van der Waals surface area contributed by atoms with Crippen molar-refractivity contribution >= 4 is 22.6 Å². The van der Waals surface area contributed by atoms with Crippen LogP contribution in [0.3, 0.4) is 0 Å². The van der Waals surface area contributed by atoms with E-state index in [4.69, 9.17) is 12.2 Å². The van der Waals surface area contributed by atoms with Gasteiger partial charge in [-0.05, 0) is 12.8 Å². The maximum Gasteiger partial charge on any atom is 0.233 e. The van der Waals surface area contributed by atoms with Crippen LogP contribution in [0.5, 0.6) is 0 Å². The van der Waals surface area contributed by atoms with Gasteiger partial charge in [0.1, 0.15) is 0 Å². The summed E-state index contributed by atoms with van der Waals surface area (Å²) in [5.41, 5.74) is 5.35. The molecule has 0 aliphatic carbocycles. The van der Waals surface area contributed by atoms with Crippen molar-refractivity contribution in [1.29, 1.82) is 0 Å². The fourth-order valence-corrected chi connectivity index (χ4v) is 1.38. The highest BCUT2D eigenvalue weighted by atomic mass is 32.1. The molecular formula is C8H12N4S. The van der Waals surface area contributed by atoms with Gasteiger partial charge >= 0.3 is 0 Å². The van der Waals surface area contributed by atoms with E-state index in [1.807, 2.05) is 0 Å². The van der Waals surface area contributed by atoms with Gasteiger partial charge in [0.15, 0.2) is 0 Å². The molecule has 0 aromatic carbocycles. The number of nitrogen functional groups attached to an aromatic ring is 1. The van der Waals surface area contributed by atoms with Gasteiger partial charge in [0.2, 0.25) is 11.1 Å². The second kappa shape index (κ2) is 5.38. The van der Waals surface area contributed by atoms with Gasteiger partial charge in [-0.25, -0.2) is 0 Å². The zero-order chi connectivity index (χ0) is 9.52. The number of hydrogen-bond acceptors (Lipinski definition) is 5. The van der Waals surface area contributed by atoms with E-state index in [0.29, 0.717) is 5.95 Å². The van der Waals surface area contributed by atoms with Gasteiger partial charge in [0, 0.05) is 24.5 Å². The van der Waals surface area contributed by atoms with Crippen molar-refractivity contribution in [2.75, 3.05) is 17.6 Å². The van der Waals surface area contributed by atoms with Crippen LogP contribution in [0.15, 0.2) is 0 Å². The van der Waals surface area contributed by atoms with E-state index in [9.17, 15) is 0 Å². The van der Waals surface area contributed by atoms with Crippen LogP contribution in [-0.2, 0) is 0 Å². The number of rotatable bonds is 5. The van der Waals surface area contributed by atoms with E-state index in [1.165, 1.54) is 11.5 Å². The summed E-state index contributed by atoms with van der Waals surface area (Å²) >= 11 is 1.28. The molecule has 0 amide bonds. The molecule has 1 rings (SSSR count). The van der Waals surface area contributed by atoms with E-state index in [-0.39, 0.29) is 0 Å². The highest BCUT2D eigenvalue weighted by Gasteiger charge is 1.97. The van der Waals surface area contributed by atoms with Crippen LogP contribution in [0.4, 0.5) is 11.1 Å². The zero-order valence-corrected chi connectivity index (χ0v) is 8.10. The Morgan fingerprint density at radius 3 is 3.00 bits per heavy atom. The standard InChI is InChI=1S/C8H12N4S/c1-2-3-4-5-6-10-8-11-7(9)12-13-8/h1H,3-6H2,(H3,9,10,11,12). The molecule has 1 heterocycles. The van der Waals surface area contributed by atoms with Gasteiger partial charge in [-0.15, -0.1) is 12.3 Å². The second-order valence-corrected chi connectivity index (χ2v) is 3.30. The maximum absolute atomic E-state index is 5.35. The number of nitrogens with two attached hydrogens (primary N) is 1. The normalized spacial score (nSPS) is 9.46. The highest BCUT2D eigenvalue weighted by Crippen LogP contribution is 2.11. The lowest BCUT2D eigenvalue weighted by molar-refractivity contribution is 0.789. The smallest absolute Gasteiger partial charge is 0.233 e. The molecular weight excluding hydrogens is 184 g/mol. The predicted octanol–water partition coefficient (Wildman–Crippen LogP) is 1.34. The molecule has 4 nitrogen and oxygen atoms in total. The molecule has 5 heteroatoms. The van der Waals surface area contributed by atoms with Crippen molar-refractivity contribution in [3.8, 4) is 12.3 Å². The predicted molar refractivity (Wildman–Crippen MR) is 55.5 cm³/mol. The van der Waals surface area contributed by atoms with Crippen LogP contribution in [0, 0.1) is 12.3 Å². The Hall–Kier alpha value is -1.28. The highest BCUT2D eigenvalue weighted by molar-refractivity contribution is 7.09. The Balaban J connectivity index is 2.10. The Morgan fingerprint density at radius 2 is 2.38 bits per heavy atom. The molecule has 3 N–H and O–H groups in total. The minimum absolute atomic E-state index is 0.330. The monoisotopic (exact) mass is 196 g/mol. The SMILES string of the molecule is C#CCCCCNc1nc(N)ns1. The van der Waals surface area contributed by atoms with Crippen molar-refractivity contribution in [2.24, 2.45) is 0 Å². The van der Waals surface area contributed by atoms with Crippen LogP contribution in [0.25, 0.3) is 0 Å². The average molecular weight is 196 g/mol. The average Bonchev–Trinajstić information content (AvgIpc) is 2.51. The molecule has 0 aliphatic rings. The van der Waals surface area contributed by atoms with Crippen molar-refractivity contribution in [3.05, 3.63) is 0 Å². The molecule has 0 atom stereocenters. The van der Waals surface area contributed by atoms with Crippen LogP contribution in [0.1, 0.15) is 19.3 Å². The molecule has 13 heavy (non-hydrogen) atoms. The lowest BCUT2D eigenvalue weighted by Crippen LogP contribution is -2.00. The Labute approximate surface area is 81.7 Å². The quantitative estimate of drug-likeness (QED) is 0.551. The number of unbranched alkanes of at least 4 members (excludes halogenated alkanes) is 2. The summed E-state index contributed by atoms with van der Waals surface area (Å²) in [6.45, 7) is 0.871. The first-order valence-electron chi connectivity index (χ1n) is 4.09. The fraction of sp³-hybridized carbons (Fsp3) is 0.500. The maximum atomic E-state index is 5.35. The van der Waals surface area contributed by atoms with Gasteiger partial charge in [-0.3, -0.25) is 0 Å². The van der Waals surface area contributed by atoms with E-state index in [0.717, 1.165) is 30.9 Å². The minimum atomic E-state index is 0.330. The van der Waals surface area contributed by atoms with Gasteiger partial charge in [0.25, 0.3) is 0 Å². The molecule has 70 valence electrons. The molecule has 0 saturated carbocycles. The Kier molecular flexibility index (Phi) is 4.06. The summed E-state index contributed by atoms with van der Waals surface area (Å²) in [5.74, 6) is 2.93. The summed E-state index contributed by atoms with van der Waals surface area (Å²) in [4.78, 5) is 3.96. The summed E-state index contributed by atoms with van der Waals surface area (Å²) < 4.78 is 3.85. The molecule has 0 radical (unpaired) electrons. The number of terminal acetylenes is 1. The Morgan fingerprint density at radius 1 is 1.54 bits per heavy atom. The van der Waals surface area contributed by atoms with E-state index >= 15 is 0 Å². The van der Waals surface area contributed by atoms with E-state index in [1.54, 1.807) is 0 Å². The minimum Gasteiger partial charge on any atom is -0.367 e. The molecule has 1 aromatic rings. The van der Waals surface area contributed by atoms with Gasteiger partial charge in [0.05, 0.1) is 0 Å². The number of hydrogen-bond donors (Lipinski definition) is 2. The third-order valence-corrected chi connectivity index (χ3v) is 2.15. The van der Waals surface area contributed by atoms with Crippen LogP contribution in [-0.4, -0.2) is 15.9 Å². The molecule has 0 bridgehead atoms. The first kappa shape index (κ1) is 9.81. The molecule has 0 spiro atoms. The second-order valence-electron chi connectivity index (χ2n) is 2.55.